The first-order chi connectivity index (χ1) is 14.3. The molecule has 0 aliphatic heterocycles. The van der Waals surface area contributed by atoms with Crippen LogP contribution in [0.2, 0.25) is 0 Å². The van der Waals surface area contributed by atoms with Crippen molar-refractivity contribution in [1.29, 1.82) is 0 Å². The summed E-state index contributed by atoms with van der Waals surface area (Å²) in [4.78, 5) is 40.0. The Balaban J connectivity index is 1.61. The summed E-state index contributed by atoms with van der Waals surface area (Å²) >= 11 is 2.77. The summed E-state index contributed by atoms with van der Waals surface area (Å²) in [5.41, 5.74) is 2.49. The summed E-state index contributed by atoms with van der Waals surface area (Å²) in [6, 6.07) is 12.9. The Bertz CT molecular complexity index is 1140. The molecule has 154 valence electrons. The average Bonchev–Trinajstić information content (AvgIpc) is 3.07. The van der Waals surface area contributed by atoms with E-state index in [0.29, 0.717) is 10.8 Å². The lowest BCUT2D eigenvalue weighted by atomic mass is 10.2. The monoisotopic (exact) mass is 441 g/mol. The molecule has 2 aromatic carbocycles. The first-order valence-electron chi connectivity index (χ1n) is 8.97. The molecule has 0 spiro atoms. The SMILES string of the molecule is Cc1ccc2nc(NC(=O)C(C)Sc3cccc(NC(=O)/C=C/C(=O)O)c3)sc2c1. The van der Waals surface area contributed by atoms with Crippen LogP contribution < -0.4 is 10.6 Å². The molecule has 3 N–H and O–H groups in total. The van der Waals surface area contributed by atoms with Crippen molar-refractivity contribution in [1.82, 2.24) is 4.98 Å². The summed E-state index contributed by atoms with van der Waals surface area (Å²) in [6.45, 7) is 3.80. The van der Waals surface area contributed by atoms with Gasteiger partial charge in [-0.05, 0) is 49.7 Å². The van der Waals surface area contributed by atoms with Gasteiger partial charge in [-0.1, -0.05) is 23.5 Å². The molecule has 1 aromatic heterocycles. The summed E-state index contributed by atoms with van der Waals surface area (Å²) in [7, 11) is 0. The second-order valence-corrected chi connectivity index (χ2v) is 8.87. The zero-order valence-electron chi connectivity index (χ0n) is 16.2. The molecule has 1 heterocycles. The van der Waals surface area contributed by atoms with Gasteiger partial charge in [-0.25, -0.2) is 9.78 Å². The molecule has 3 aromatic rings. The van der Waals surface area contributed by atoms with E-state index in [1.165, 1.54) is 23.1 Å². The standard InChI is InChI=1S/C21H19N3O4S2/c1-12-6-7-16-17(10-12)30-21(23-16)24-20(28)13(2)29-15-5-3-4-14(11-15)22-18(25)8-9-19(26)27/h3-11,13H,1-2H3,(H,22,25)(H,26,27)(H,23,24,28)/b9-8+. The lowest BCUT2D eigenvalue weighted by Crippen LogP contribution is -2.22. The minimum atomic E-state index is -1.20. The van der Waals surface area contributed by atoms with E-state index in [9.17, 15) is 14.4 Å². The van der Waals surface area contributed by atoms with Crippen molar-refractivity contribution in [2.75, 3.05) is 10.6 Å². The maximum Gasteiger partial charge on any atom is 0.328 e. The number of carboxylic acids is 1. The molecule has 0 saturated carbocycles. The van der Waals surface area contributed by atoms with Crippen LogP contribution in [0.15, 0.2) is 59.5 Å². The molecule has 1 atom stereocenters. The van der Waals surface area contributed by atoms with Crippen molar-refractivity contribution in [3.05, 3.63) is 60.2 Å². The second-order valence-electron chi connectivity index (χ2n) is 6.43. The van der Waals surface area contributed by atoms with E-state index < -0.39 is 17.1 Å². The van der Waals surface area contributed by atoms with E-state index in [0.717, 1.165) is 32.8 Å². The fourth-order valence-electron chi connectivity index (χ4n) is 2.53. The predicted molar refractivity (Wildman–Crippen MR) is 120 cm³/mol. The molecule has 1 unspecified atom stereocenters. The fraction of sp³-hybridized carbons (Fsp3) is 0.143. The summed E-state index contributed by atoms with van der Waals surface area (Å²) in [5, 5.41) is 14.2. The van der Waals surface area contributed by atoms with Gasteiger partial charge in [0.1, 0.15) is 0 Å². The van der Waals surface area contributed by atoms with Gasteiger partial charge in [0.25, 0.3) is 0 Å². The maximum atomic E-state index is 12.6. The van der Waals surface area contributed by atoms with Gasteiger partial charge in [0.15, 0.2) is 5.13 Å². The number of thioether (sulfide) groups is 1. The summed E-state index contributed by atoms with van der Waals surface area (Å²) in [5.74, 6) is -1.91. The van der Waals surface area contributed by atoms with Crippen molar-refractivity contribution in [3.8, 4) is 0 Å². The second kappa shape index (κ2) is 9.55. The van der Waals surface area contributed by atoms with Gasteiger partial charge in [0.05, 0.1) is 15.5 Å². The highest BCUT2D eigenvalue weighted by Crippen LogP contribution is 2.29. The van der Waals surface area contributed by atoms with Crippen molar-refractivity contribution < 1.29 is 19.5 Å². The Morgan fingerprint density at radius 3 is 2.70 bits per heavy atom. The number of hydrogen-bond acceptors (Lipinski definition) is 6. The quantitative estimate of drug-likeness (QED) is 0.373. The molecular weight excluding hydrogens is 422 g/mol. The van der Waals surface area contributed by atoms with Gasteiger partial charge in [-0.2, -0.15) is 0 Å². The number of benzene rings is 2. The minimum absolute atomic E-state index is 0.172. The number of thiazole rings is 1. The molecule has 0 radical (unpaired) electrons. The number of aliphatic carboxylic acids is 1. The van der Waals surface area contributed by atoms with Crippen LogP contribution in [-0.2, 0) is 14.4 Å². The molecule has 0 aliphatic rings. The van der Waals surface area contributed by atoms with Crippen molar-refractivity contribution >= 4 is 61.9 Å². The van der Waals surface area contributed by atoms with Crippen molar-refractivity contribution in [2.45, 2.75) is 24.0 Å². The van der Waals surface area contributed by atoms with Crippen LogP contribution in [-0.4, -0.2) is 33.1 Å². The number of carbonyl (C=O) groups excluding carboxylic acids is 2. The molecule has 7 nitrogen and oxygen atoms in total. The number of aromatic nitrogens is 1. The largest absolute Gasteiger partial charge is 0.478 e. The summed E-state index contributed by atoms with van der Waals surface area (Å²) < 4.78 is 1.02. The van der Waals surface area contributed by atoms with E-state index in [1.54, 1.807) is 25.1 Å². The van der Waals surface area contributed by atoms with E-state index in [2.05, 4.69) is 15.6 Å². The van der Waals surface area contributed by atoms with E-state index >= 15 is 0 Å². The highest BCUT2D eigenvalue weighted by Gasteiger charge is 2.17. The van der Waals surface area contributed by atoms with Crippen LogP contribution in [0.25, 0.3) is 10.2 Å². The minimum Gasteiger partial charge on any atom is -0.478 e. The number of fused-ring (bicyclic) bond motifs is 1. The van der Waals surface area contributed by atoms with Crippen LogP contribution in [0.4, 0.5) is 10.8 Å². The zero-order valence-corrected chi connectivity index (χ0v) is 17.8. The van der Waals surface area contributed by atoms with Gasteiger partial charge in [0.2, 0.25) is 11.8 Å². The number of carbonyl (C=O) groups is 3. The molecule has 0 bridgehead atoms. The van der Waals surface area contributed by atoms with E-state index in [1.807, 2.05) is 31.2 Å². The van der Waals surface area contributed by atoms with E-state index in [4.69, 9.17) is 5.11 Å². The Morgan fingerprint density at radius 2 is 1.93 bits per heavy atom. The third-order valence-corrected chi connectivity index (χ3v) is 5.96. The van der Waals surface area contributed by atoms with E-state index in [-0.39, 0.29) is 5.91 Å². The number of nitrogens with one attached hydrogen (secondary N) is 2. The number of rotatable bonds is 7. The van der Waals surface area contributed by atoms with Crippen molar-refractivity contribution in [3.63, 3.8) is 0 Å². The van der Waals surface area contributed by atoms with Crippen LogP contribution in [0.1, 0.15) is 12.5 Å². The average molecular weight is 442 g/mol. The van der Waals surface area contributed by atoms with Gasteiger partial charge >= 0.3 is 5.97 Å². The third kappa shape index (κ3) is 5.91. The molecule has 9 heteroatoms. The van der Waals surface area contributed by atoms with Gasteiger partial charge < -0.3 is 15.7 Å². The zero-order chi connectivity index (χ0) is 21.7. The van der Waals surface area contributed by atoms with Crippen LogP contribution in [0.3, 0.4) is 0 Å². The van der Waals surface area contributed by atoms with Gasteiger partial charge in [-0.15, -0.1) is 11.8 Å². The Kier molecular flexibility index (Phi) is 6.86. The number of aryl methyl sites for hydroxylation is 1. The number of nitrogens with zero attached hydrogens (tertiary/aromatic N) is 1. The summed E-state index contributed by atoms with van der Waals surface area (Å²) in [6.07, 6.45) is 1.71. The number of amides is 2. The molecule has 0 aliphatic carbocycles. The smallest absolute Gasteiger partial charge is 0.328 e. The van der Waals surface area contributed by atoms with Crippen LogP contribution >= 0.6 is 23.1 Å². The number of carboxylic acid groups (broad SMARTS) is 1. The van der Waals surface area contributed by atoms with Crippen LogP contribution in [0.5, 0.6) is 0 Å². The molecule has 30 heavy (non-hydrogen) atoms. The highest BCUT2D eigenvalue weighted by atomic mass is 32.2. The first-order valence-corrected chi connectivity index (χ1v) is 10.7. The van der Waals surface area contributed by atoms with Gasteiger partial charge in [-0.3, -0.25) is 9.59 Å². The molecule has 3 rings (SSSR count). The molecular formula is C21H19N3O4S2. The Labute approximate surface area is 181 Å². The lowest BCUT2D eigenvalue weighted by molar-refractivity contribution is -0.131. The van der Waals surface area contributed by atoms with Crippen LogP contribution in [0, 0.1) is 6.92 Å². The molecule has 0 fully saturated rings. The third-order valence-electron chi connectivity index (χ3n) is 3.94. The Morgan fingerprint density at radius 1 is 1.13 bits per heavy atom. The first kappa shape index (κ1) is 21.5. The molecule has 2 amide bonds. The number of anilines is 2. The Hall–Kier alpha value is -3.17. The number of hydrogen-bond donors (Lipinski definition) is 3. The predicted octanol–water partition coefficient (Wildman–Crippen LogP) is 4.30. The maximum absolute atomic E-state index is 12.6. The molecule has 0 saturated heterocycles. The van der Waals surface area contributed by atoms with Gasteiger partial charge in [0, 0.05) is 22.7 Å². The highest BCUT2D eigenvalue weighted by molar-refractivity contribution is 8.00. The fourth-order valence-corrected chi connectivity index (χ4v) is 4.42. The normalized spacial score (nSPS) is 12.1. The lowest BCUT2D eigenvalue weighted by Gasteiger charge is -2.11. The van der Waals surface area contributed by atoms with Crippen molar-refractivity contribution in [2.24, 2.45) is 0 Å². The topological polar surface area (TPSA) is 108 Å².